The molecular formula is C18H12Cl2N2O3S. The number of nitrogens with zero attached hydrogens (tertiary/aromatic N) is 1. The number of hydrogen-bond acceptors (Lipinski definition) is 5. The molecule has 0 atom stereocenters. The van der Waals surface area contributed by atoms with Gasteiger partial charge in [0.05, 0.1) is 23.4 Å². The highest BCUT2D eigenvalue weighted by Crippen LogP contribution is 2.32. The monoisotopic (exact) mass is 406 g/mol. The molecule has 8 heteroatoms. The maximum absolute atomic E-state index is 12.3. The van der Waals surface area contributed by atoms with Gasteiger partial charge in [-0.2, -0.15) is 0 Å². The van der Waals surface area contributed by atoms with Crippen LogP contribution < -0.4 is 5.32 Å². The molecule has 0 aliphatic heterocycles. The smallest absolute Gasteiger partial charge is 0.337 e. The molecule has 2 aromatic carbocycles. The lowest BCUT2D eigenvalue weighted by Crippen LogP contribution is -2.12. The first-order chi connectivity index (χ1) is 12.5. The van der Waals surface area contributed by atoms with E-state index in [0.717, 1.165) is 5.56 Å². The molecule has 26 heavy (non-hydrogen) atoms. The van der Waals surface area contributed by atoms with Gasteiger partial charge < -0.3 is 4.74 Å². The first kappa shape index (κ1) is 18.4. The fourth-order valence-corrected chi connectivity index (χ4v) is 3.41. The zero-order valence-electron chi connectivity index (χ0n) is 13.5. The van der Waals surface area contributed by atoms with Crippen molar-refractivity contribution in [3.63, 3.8) is 0 Å². The van der Waals surface area contributed by atoms with Gasteiger partial charge in [-0.25, -0.2) is 9.78 Å². The van der Waals surface area contributed by atoms with Crippen LogP contribution in [0.4, 0.5) is 5.13 Å². The van der Waals surface area contributed by atoms with Crippen molar-refractivity contribution in [2.75, 3.05) is 12.4 Å². The van der Waals surface area contributed by atoms with Gasteiger partial charge in [-0.05, 0) is 42.5 Å². The summed E-state index contributed by atoms with van der Waals surface area (Å²) in [4.78, 5) is 28.1. The molecule has 1 amide bonds. The Kier molecular flexibility index (Phi) is 5.56. The minimum atomic E-state index is -0.457. The number of anilines is 1. The minimum Gasteiger partial charge on any atom is -0.465 e. The second kappa shape index (κ2) is 7.86. The summed E-state index contributed by atoms with van der Waals surface area (Å²) in [7, 11) is 1.30. The number of rotatable bonds is 4. The van der Waals surface area contributed by atoms with Crippen molar-refractivity contribution in [2.24, 2.45) is 0 Å². The van der Waals surface area contributed by atoms with Crippen LogP contribution in [-0.2, 0) is 4.74 Å². The van der Waals surface area contributed by atoms with Crippen molar-refractivity contribution in [2.45, 2.75) is 0 Å². The van der Waals surface area contributed by atoms with Gasteiger partial charge in [-0.1, -0.05) is 23.2 Å². The number of ether oxygens (including phenoxy) is 1. The standard InChI is InChI=1S/C18H12Cl2N2O3S/c1-25-17(24)11-4-2-10(3-5-11)16(23)22-18-21-15(9-26-18)13-7-6-12(19)8-14(13)20/h2-9H,1H3,(H,21,22,23). The zero-order chi connectivity index (χ0) is 18.7. The van der Waals surface area contributed by atoms with Crippen LogP contribution in [0.2, 0.25) is 10.0 Å². The van der Waals surface area contributed by atoms with Crippen LogP contribution in [0.25, 0.3) is 11.3 Å². The van der Waals surface area contributed by atoms with E-state index < -0.39 is 5.97 Å². The van der Waals surface area contributed by atoms with Crippen LogP contribution in [-0.4, -0.2) is 24.0 Å². The van der Waals surface area contributed by atoms with E-state index in [0.29, 0.717) is 32.0 Å². The molecule has 0 aliphatic rings. The molecule has 0 spiro atoms. The first-order valence-electron chi connectivity index (χ1n) is 7.38. The molecule has 0 bridgehead atoms. The molecule has 1 aromatic heterocycles. The molecule has 0 radical (unpaired) electrons. The van der Waals surface area contributed by atoms with Gasteiger partial charge in [0, 0.05) is 21.5 Å². The summed E-state index contributed by atoms with van der Waals surface area (Å²) in [5.41, 5.74) is 2.15. The van der Waals surface area contributed by atoms with Crippen LogP contribution in [0.15, 0.2) is 47.8 Å². The lowest BCUT2D eigenvalue weighted by atomic mass is 10.1. The van der Waals surface area contributed by atoms with Gasteiger partial charge in [0.25, 0.3) is 5.91 Å². The van der Waals surface area contributed by atoms with Gasteiger partial charge in [0.2, 0.25) is 0 Å². The number of amides is 1. The summed E-state index contributed by atoms with van der Waals surface area (Å²) in [6, 6.07) is 11.3. The molecule has 0 fully saturated rings. The number of nitrogens with one attached hydrogen (secondary N) is 1. The van der Waals surface area contributed by atoms with Crippen molar-refractivity contribution in [3.05, 3.63) is 69.0 Å². The number of thiazole rings is 1. The number of halogens is 2. The Balaban J connectivity index is 1.74. The number of hydrogen-bond donors (Lipinski definition) is 1. The normalized spacial score (nSPS) is 10.4. The highest BCUT2D eigenvalue weighted by molar-refractivity contribution is 7.14. The number of methoxy groups -OCH3 is 1. The zero-order valence-corrected chi connectivity index (χ0v) is 15.8. The minimum absolute atomic E-state index is 0.329. The third-order valence-corrected chi connectivity index (χ3v) is 4.81. The van der Waals surface area contributed by atoms with Crippen molar-refractivity contribution in [1.82, 2.24) is 4.98 Å². The van der Waals surface area contributed by atoms with Gasteiger partial charge in [0.15, 0.2) is 5.13 Å². The van der Waals surface area contributed by atoms with E-state index in [1.807, 2.05) is 0 Å². The van der Waals surface area contributed by atoms with E-state index >= 15 is 0 Å². The van der Waals surface area contributed by atoms with Crippen molar-refractivity contribution >= 4 is 51.5 Å². The van der Waals surface area contributed by atoms with Gasteiger partial charge in [-0.15, -0.1) is 11.3 Å². The van der Waals surface area contributed by atoms with Crippen LogP contribution in [0.5, 0.6) is 0 Å². The highest BCUT2D eigenvalue weighted by atomic mass is 35.5. The van der Waals surface area contributed by atoms with E-state index in [1.165, 1.54) is 30.6 Å². The molecule has 3 aromatic rings. The average molecular weight is 407 g/mol. The number of carbonyl (C=O) groups excluding carboxylic acids is 2. The average Bonchev–Trinajstić information content (AvgIpc) is 3.09. The fraction of sp³-hybridized carbons (Fsp3) is 0.0556. The van der Waals surface area contributed by atoms with Gasteiger partial charge in [0.1, 0.15) is 0 Å². The predicted molar refractivity (Wildman–Crippen MR) is 103 cm³/mol. The molecule has 3 rings (SSSR count). The quantitative estimate of drug-likeness (QED) is 0.607. The molecule has 0 saturated carbocycles. The molecular weight excluding hydrogens is 395 g/mol. The summed E-state index contributed by atoms with van der Waals surface area (Å²) in [5, 5.41) is 5.98. The number of carbonyl (C=O) groups is 2. The molecule has 0 saturated heterocycles. The molecule has 1 N–H and O–H groups in total. The van der Waals surface area contributed by atoms with Crippen molar-refractivity contribution in [1.29, 1.82) is 0 Å². The van der Waals surface area contributed by atoms with Crippen LogP contribution in [0.3, 0.4) is 0 Å². The SMILES string of the molecule is COC(=O)c1ccc(C(=O)Nc2nc(-c3ccc(Cl)cc3Cl)cs2)cc1. The molecule has 1 heterocycles. The van der Waals surface area contributed by atoms with Crippen LogP contribution >= 0.6 is 34.5 Å². The largest absolute Gasteiger partial charge is 0.465 e. The van der Waals surface area contributed by atoms with E-state index in [4.69, 9.17) is 23.2 Å². The summed E-state index contributed by atoms with van der Waals surface area (Å²) < 4.78 is 4.63. The maximum atomic E-state index is 12.3. The number of benzene rings is 2. The first-order valence-corrected chi connectivity index (χ1v) is 9.02. The third kappa shape index (κ3) is 4.04. The Morgan fingerprint density at radius 2 is 1.77 bits per heavy atom. The molecule has 132 valence electrons. The van der Waals surface area contributed by atoms with Crippen molar-refractivity contribution in [3.8, 4) is 11.3 Å². The number of aromatic nitrogens is 1. The Labute approximate surface area is 163 Å². The van der Waals surface area contributed by atoms with Crippen LogP contribution in [0, 0.1) is 0 Å². The topological polar surface area (TPSA) is 68.3 Å². The summed E-state index contributed by atoms with van der Waals surface area (Å²) in [6.07, 6.45) is 0. The third-order valence-electron chi connectivity index (χ3n) is 3.50. The van der Waals surface area contributed by atoms with Crippen molar-refractivity contribution < 1.29 is 14.3 Å². The van der Waals surface area contributed by atoms with Gasteiger partial charge in [-0.3, -0.25) is 10.1 Å². The molecule has 0 unspecified atom stereocenters. The highest BCUT2D eigenvalue weighted by Gasteiger charge is 2.13. The van der Waals surface area contributed by atoms with Gasteiger partial charge >= 0.3 is 5.97 Å². The Morgan fingerprint density at radius 3 is 2.42 bits per heavy atom. The second-order valence-corrected chi connectivity index (χ2v) is 6.89. The maximum Gasteiger partial charge on any atom is 0.337 e. The Hall–Kier alpha value is -2.41. The molecule has 5 nitrogen and oxygen atoms in total. The summed E-state index contributed by atoms with van der Waals surface area (Å²) in [5.74, 6) is -0.786. The predicted octanol–water partition coefficient (Wildman–Crippen LogP) is 5.16. The Morgan fingerprint density at radius 1 is 1.08 bits per heavy atom. The number of esters is 1. The van der Waals surface area contributed by atoms with E-state index in [9.17, 15) is 9.59 Å². The fourth-order valence-electron chi connectivity index (χ4n) is 2.20. The second-order valence-electron chi connectivity index (χ2n) is 5.19. The Bertz CT molecular complexity index is 971. The lowest BCUT2D eigenvalue weighted by Gasteiger charge is -2.04. The van der Waals surface area contributed by atoms with Crippen LogP contribution in [0.1, 0.15) is 20.7 Å². The van der Waals surface area contributed by atoms with E-state index in [-0.39, 0.29) is 5.91 Å². The van der Waals surface area contributed by atoms with E-state index in [1.54, 1.807) is 35.7 Å². The molecule has 0 aliphatic carbocycles. The summed E-state index contributed by atoms with van der Waals surface area (Å²) >= 11 is 13.4. The lowest BCUT2D eigenvalue weighted by molar-refractivity contribution is 0.0600. The van der Waals surface area contributed by atoms with E-state index in [2.05, 4.69) is 15.0 Å². The summed E-state index contributed by atoms with van der Waals surface area (Å²) in [6.45, 7) is 0.